The van der Waals surface area contributed by atoms with Gasteiger partial charge in [0.05, 0.1) is 35.6 Å². The van der Waals surface area contributed by atoms with Crippen LogP contribution in [0.25, 0.3) is 22.3 Å². The molecule has 1 saturated heterocycles. The van der Waals surface area contributed by atoms with Crippen LogP contribution >= 0.6 is 0 Å². The SMILES string of the molecule is O=C1OCc2c(cc3n(c2=O)Cc2cc4ccccc4nc2-3)C1(CCO)O[C@@H]1O[C@H](CO)[C@@H](O)[C@H](O)[C@H]1O. The van der Waals surface area contributed by atoms with Gasteiger partial charge < -0.3 is 44.3 Å². The Morgan fingerprint density at radius 3 is 2.63 bits per heavy atom. The molecule has 12 nitrogen and oxygen atoms in total. The number of aromatic nitrogens is 2. The van der Waals surface area contributed by atoms with E-state index in [0.717, 1.165) is 16.5 Å². The molecule has 1 fully saturated rings. The highest BCUT2D eigenvalue weighted by molar-refractivity contribution is 5.86. The lowest BCUT2D eigenvalue weighted by molar-refractivity contribution is -0.329. The van der Waals surface area contributed by atoms with E-state index in [4.69, 9.17) is 19.2 Å². The van der Waals surface area contributed by atoms with Crippen LogP contribution in [0.15, 0.2) is 41.2 Å². The first kappa shape index (κ1) is 25.1. The minimum absolute atomic E-state index is 0.124. The van der Waals surface area contributed by atoms with E-state index in [2.05, 4.69) is 0 Å². The van der Waals surface area contributed by atoms with E-state index in [0.29, 0.717) is 11.4 Å². The highest BCUT2D eigenvalue weighted by atomic mass is 16.7. The molecule has 0 saturated carbocycles. The number of aliphatic hydroxyl groups is 5. The molecule has 38 heavy (non-hydrogen) atoms. The first-order valence-electron chi connectivity index (χ1n) is 12.2. The number of hydrogen-bond acceptors (Lipinski definition) is 11. The second kappa shape index (κ2) is 9.20. The summed E-state index contributed by atoms with van der Waals surface area (Å²) in [6.07, 6.45) is -8.58. The maximum Gasteiger partial charge on any atom is 0.343 e. The molecule has 0 amide bonds. The fourth-order valence-corrected chi connectivity index (χ4v) is 5.51. The number of hydrogen-bond donors (Lipinski definition) is 5. The topological polar surface area (TPSA) is 181 Å². The lowest BCUT2D eigenvalue weighted by Crippen LogP contribution is -2.61. The average Bonchev–Trinajstić information content (AvgIpc) is 3.28. The quantitative estimate of drug-likeness (QED) is 0.199. The lowest BCUT2D eigenvalue weighted by Gasteiger charge is -2.44. The van der Waals surface area contributed by atoms with Gasteiger partial charge in [-0.2, -0.15) is 0 Å². The van der Waals surface area contributed by atoms with E-state index < -0.39 is 61.0 Å². The third-order valence-corrected chi connectivity index (χ3v) is 7.52. The largest absolute Gasteiger partial charge is 0.458 e. The molecule has 0 spiro atoms. The summed E-state index contributed by atoms with van der Waals surface area (Å²) in [6, 6.07) is 11.1. The lowest BCUT2D eigenvalue weighted by atomic mass is 9.84. The van der Waals surface area contributed by atoms with Crippen molar-refractivity contribution in [2.45, 2.75) is 55.9 Å². The van der Waals surface area contributed by atoms with Gasteiger partial charge in [0.1, 0.15) is 31.0 Å². The average molecular weight is 526 g/mol. The normalized spacial score (nSPS) is 30.0. The fourth-order valence-electron chi connectivity index (χ4n) is 5.51. The Morgan fingerprint density at radius 2 is 1.87 bits per heavy atom. The van der Waals surface area contributed by atoms with Gasteiger partial charge in [-0.15, -0.1) is 0 Å². The van der Waals surface area contributed by atoms with E-state index in [9.17, 15) is 35.1 Å². The number of benzene rings is 1. The molecule has 12 heteroatoms. The molecular weight excluding hydrogens is 500 g/mol. The van der Waals surface area contributed by atoms with Gasteiger partial charge in [0.2, 0.25) is 0 Å². The number of carbonyl (C=O) groups excluding carboxylic acids is 1. The number of fused-ring (bicyclic) bond motifs is 5. The zero-order chi connectivity index (χ0) is 26.8. The molecule has 2 aromatic heterocycles. The number of carbonyl (C=O) groups is 1. The summed E-state index contributed by atoms with van der Waals surface area (Å²) >= 11 is 0. The minimum Gasteiger partial charge on any atom is -0.458 e. The second-order valence-electron chi connectivity index (χ2n) is 9.69. The van der Waals surface area contributed by atoms with Crippen LogP contribution in [0.2, 0.25) is 0 Å². The van der Waals surface area contributed by atoms with Gasteiger partial charge in [0, 0.05) is 29.5 Å². The molecule has 5 heterocycles. The first-order valence-corrected chi connectivity index (χ1v) is 12.2. The third kappa shape index (κ3) is 3.61. The number of para-hydroxylation sites is 1. The first-order chi connectivity index (χ1) is 18.3. The zero-order valence-corrected chi connectivity index (χ0v) is 20.1. The van der Waals surface area contributed by atoms with Crippen molar-refractivity contribution >= 4 is 16.9 Å². The van der Waals surface area contributed by atoms with Crippen molar-refractivity contribution in [3.05, 3.63) is 63.4 Å². The summed E-state index contributed by atoms with van der Waals surface area (Å²) in [7, 11) is 0. The van der Waals surface area contributed by atoms with Crippen LogP contribution in [0.1, 0.15) is 23.1 Å². The number of pyridine rings is 2. The monoisotopic (exact) mass is 526 g/mol. The predicted molar refractivity (Wildman–Crippen MR) is 129 cm³/mol. The minimum atomic E-state index is -2.09. The Balaban J connectivity index is 1.50. The Bertz CT molecular complexity index is 1490. The van der Waals surface area contributed by atoms with Gasteiger partial charge >= 0.3 is 5.97 Å². The Kier molecular flexibility index (Phi) is 6.07. The van der Waals surface area contributed by atoms with Crippen LogP contribution in [0.4, 0.5) is 0 Å². The number of nitrogens with zero attached hydrogens (tertiary/aromatic N) is 2. The maximum atomic E-state index is 13.7. The number of esters is 1. The molecule has 200 valence electrons. The van der Waals surface area contributed by atoms with Crippen molar-refractivity contribution in [2.75, 3.05) is 13.2 Å². The fraction of sp³-hybridized carbons (Fsp3) is 0.423. The van der Waals surface area contributed by atoms with Crippen LogP contribution in [0.3, 0.4) is 0 Å². The van der Waals surface area contributed by atoms with Gasteiger partial charge in [-0.3, -0.25) is 4.79 Å². The van der Waals surface area contributed by atoms with Gasteiger partial charge in [0.25, 0.3) is 5.56 Å². The smallest absolute Gasteiger partial charge is 0.343 e. The summed E-state index contributed by atoms with van der Waals surface area (Å²) in [6.45, 7) is -1.33. The van der Waals surface area contributed by atoms with Crippen molar-refractivity contribution in [1.29, 1.82) is 0 Å². The van der Waals surface area contributed by atoms with Crippen molar-refractivity contribution in [3.8, 4) is 11.4 Å². The molecule has 1 unspecified atom stereocenters. The summed E-state index contributed by atoms with van der Waals surface area (Å²) in [5.41, 5.74) is 0.290. The number of cyclic esters (lactones) is 1. The molecule has 0 aliphatic carbocycles. The van der Waals surface area contributed by atoms with Crippen LogP contribution in [-0.2, 0) is 37.8 Å². The highest BCUT2D eigenvalue weighted by Gasteiger charge is 2.54. The van der Waals surface area contributed by atoms with E-state index in [-0.39, 0.29) is 30.7 Å². The Morgan fingerprint density at radius 1 is 1.08 bits per heavy atom. The molecule has 0 bridgehead atoms. The van der Waals surface area contributed by atoms with Gasteiger partial charge in [-0.05, 0) is 18.2 Å². The van der Waals surface area contributed by atoms with Crippen LogP contribution in [0.5, 0.6) is 0 Å². The highest BCUT2D eigenvalue weighted by Crippen LogP contribution is 2.42. The number of aliphatic hydroxyl groups excluding tert-OH is 5. The Hall–Kier alpha value is -3.23. The summed E-state index contributed by atoms with van der Waals surface area (Å²) in [5, 5.41) is 51.4. The molecule has 6 atom stereocenters. The predicted octanol–water partition coefficient (Wildman–Crippen LogP) is -1.12. The van der Waals surface area contributed by atoms with Gasteiger partial charge in [0.15, 0.2) is 11.9 Å². The van der Waals surface area contributed by atoms with Crippen molar-refractivity contribution in [3.63, 3.8) is 0 Å². The molecule has 3 aliphatic heterocycles. The Labute approximate surface area is 215 Å². The zero-order valence-electron chi connectivity index (χ0n) is 20.1. The van der Waals surface area contributed by atoms with E-state index >= 15 is 0 Å². The number of rotatable bonds is 5. The second-order valence-corrected chi connectivity index (χ2v) is 9.69. The molecule has 6 rings (SSSR count). The third-order valence-electron chi connectivity index (χ3n) is 7.52. The van der Waals surface area contributed by atoms with Gasteiger partial charge in [-0.1, -0.05) is 18.2 Å². The van der Waals surface area contributed by atoms with Gasteiger partial charge in [-0.25, -0.2) is 9.78 Å². The van der Waals surface area contributed by atoms with Crippen molar-refractivity contribution in [2.24, 2.45) is 0 Å². The standard InChI is InChI=1S/C26H26N2O10/c29-6-5-26(38-24-22(33)21(32)20(31)18(10-30)37-24)15-8-17-19-13(7-12-3-1-2-4-16(12)27-19)9-28(17)23(34)14(15)11-36-25(26)35/h1-4,7-8,18,20-22,24,29-33H,5-6,9-11H2/t18-,20-,21+,22-,24+,26?/m1/s1. The van der Waals surface area contributed by atoms with E-state index in [1.54, 1.807) is 6.07 Å². The van der Waals surface area contributed by atoms with Crippen LogP contribution in [0, 0.1) is 0 Å². The van der Waals surface area contributed by atoms with Crippen LogP contribution < -0.4 is 5.56 Å². The summed E-state index contributed by atoms with van der Waals surface area (Å²) in [4.78, 5) is 31.7. The summed E-state index contributed by atoms with van der Waals surface area (Å²) in [5.74, 6) is -0.926. The van der Waals surface area contributed by atoms with E-state index in [1.165, 1.54) is 4.57 Å². The molecular formula is C26H26N2O10. The summed E-state index contributed by atoms with van der Waals surface area (Å²) < 4.78 is 18.3. The molecule has 0 radical (unpaired) electrons. The van der Waals surface area contributed by atoms with Crippen molar-refractivity contribution < 1.29 is 44.5 Å². The van der Waals surface area contributed by atoms with E-state index in [1.807, 2.05) is 30.3 Å². The molecule has 1 aromatic carbocycles. The molecule has 3 aromatic rings. The molecule has 3 aliphatic rings. The maximum absolute atomic E-state index is 13.7. The number of ether oxygens (including phenoxy) is 3. The van der Waals surface area contributed by atoms with Crippen molar-refractivity contribution in [1.82, 2.24) is 9.55 Å². The molecule has 5 N–H and O–H groups in total. The van der Waals surface area contributed by atoms with Crippen LogP contribution in [-0.4, -0.2) is 85.0 Å².